The fourth-order valence-electron chi connectivity index (χ4n) is 4.08. The molecule has 0 saturated heterocycles. The second-order valence-corrected chi connectivity index (χ2v) is 12.4. The van der Waals surface area contributed by atoms with Gasteiger partial charge in [0.05, 0.1) is 33.8 Å². The van der Waals surface area contributed by atoms with Crippen LogP contribution >= 0.6 is 22.9 Å². The smallest absolute Gasteiger partial charge is 0.215 e. The van der Waals surface area contributed by atoms with Crippen molar-refractivity contribution in [2.24, 2.45) is 0 Å². The molecule has 3 heterocycles. The van der Waals surface area contributed by atoms with E-state index < -0.39 is 27.4 Å². The lowest BCUT2D eigenvalue weighted by Crippen LogP contribution is -2.32. The van der Waals surface area contributed by atoms with Crippen molar-refractivity contribution in [3.05, 3.63) is 75.9 Å². The molecular formula is C25H25ClN4O3S2. The first kappa shape index (κ1) is 24.1. The molecule has 2 atom stereocenters. The quantitative estimate of drug-likeness (QED) is 0.305. The monoisotopic (exact) mass is 528 g/mol. The molecule has 5 rings (SSSR count). The Kier molecular flexibility index (Phi) is 6.54. The van der Waals surface area contributed by atoms with Gasteiger partial charge in [-0.15, -0.1) is 11.3 Å². The Morgan fingerprint density at radius 2 is 2.03 bits per heavy atom. The van der Waals surface area contributed by atoms with E-state index >= 15 is 0 Å². The van der Waals surface area contributed by atoms with Crippen LogP contribution in [0.1, 0.15) is 41.9 Å². The van der Waals surface area contributed by atoms with E-state index in [4.69, 9.17) is 17.3 Å². The number of thiophene rings is 1. The van der Waals surface area contributed by atoms with Gasteiger partial charge in [-0.25, -0.2) is 18.1 Å². The van der Waals surface area contributed by atoms with Gasteiger partial charge in [-0.3, -0.25) is 4.98 Å². The lowest BCUT2D eigenvalue weighted by Gasteiger charge is -2.18. The summed E-state index contributed by atoms with van der Waals surface area (Å²) in [6, 6.07) is 14.2. The van der Waals surface area contributed by atoms with Gasteiger partial charge in [0.1, 0.15) is 5.82 Å². The van der Waals surface area contributed by atoms with E-state index in [1.165, 1.54) is 11.3 Å². The van der Waals surface area contributed by atoms with E-state index in [1.54, 1.807) is 25.3 Å². The normalized spacial score (nSPS) is 15.9. The minimum Gasteiger partial charge on any atom is -0.393 e. The first-order chi connectivity index (χ1) is 16.7. The first-order valence-corrected chi connectivity index (χ1v) is 14.0. The minimum absolute atomic E-state index is 0.265. The summed E-state index contributed by atoms with van der Waals surface area (Å²) in [7, 11) is -3.55. The number of nitrogen functional groups attached to an aromatic ring is 1. The van der Waals surface area contributed by atoms with E-state index in [2.05, 4.69) is 14.7 Å². The number of nitrogens with one attached hydrogen (secondary N) is 1. The van der Waals surface area contributed by atoms with Gasteiger partial charge in [-0.2, -0.15) is 0 Å². The molecule has 7 nitrogen and oxygen atoms in total. The van der Waals surface area contributed by atoms with Crippen LogP contribution in [0, 0.1) is 0 Å². The number of aliphatic hydroxyl groups excluding tert-OH is 1. The van der Waals surface area contributed by atoms with Gasteiger partial charge in [0.25, 0.3) is 0 Å². The van der Waals surface area contributed by atoms with Crippen molar-refractivity contribution < 1.29 is 13.5 Å². The van der Waals surface area contributed by atoms with Crippen LogP contribution in [0.3, 0.4) is 0 Å². The molecule has 35 heavy (non-hydrogen) atoms. The highest BCUT2D eigenvalue weighted by Gasteiger charge is 2.38. The maximum absolute atomic E-state index is 12.9. The summed E-state index contributed by atoms with van der Waals surface area (Å²) in [5.41, 5.74) is 9.02. The number of hydrogen-bond acceptors (Lipinski definition) is 7. The molecule has 10 heteroatoms. The third-order valence-electron chi connectivity index (χ3n) is 5.89. The number of nitrogens with zero attached hydrogens (tertiary/aromatic N) is 2. The fourth-order valence-corrected chi connectivity index (χ4v) is 7.12. The molecular weight excluding hydrogens is 504 g/mol. The predicted molar refractivity (Wildman–Crippen MR) is 141 cm³/mol. The van der Waals surface area contributed by atoms with Crippen molar-refractivity contribution in [1.82, 2.24) is 14.7 Å². The summed E-state index contributed by atoms with van der Waals surface area (Å²) in [5.74, 6) is 0.265. The van der Waals surface area contributed by atoms with Crippen molar-refractivity contribution >= 4 is 48.9 Å². The van der Waals surface area contributed by atoms with Gasteiger partial charge in [-0.05, 0) is 67.5 Å². The Morgan fingerprint density at radius 3 is 2.77 bits per heavy atom. The van der Waals surface area contributed by atoms with Crippen molar-refractivity contribution in [2.45, 2.75) is 43.6 Å². The van der Waals surface area contributed by atoms with Gasteiger partial charge in [0, 0.05) is 21.3 Å². The third-order valence-corrected chi connectivity index (χ3v) is 9.37. The van der Waals surface area contributed by atoms with E-state index in [-0.39, 0.29) is 5.82 Å². The fraction of sp³-hybridized carbons (Fsp3) is 0.280. The van der Waals surface area contributed by atoms with Gasteiger partial charge >= 0.3 is 0 Å². The van der Waals surface area contributed by atoms with E-state index in [0.717, 1.165) is 31.8 Å². The number of hydrogen-bond donors (Lipinski definition) is 3. The molecule has 0 bridgehead atoms. The van der Waals surface area contributed by atoms with E-state index in [9.17, 15) is 13.5 Å². The summed E-state index contributed by atoms with van der Waals surface area (Å²) in [5, 5.41) is 10.7. The van der Waals surface area contributed by atoms with Crippen LogP contribution in [-0.4, -0.2) is 34.8 Å². The Bertz CT molecular complexity index is 1500. The average molecular weight is 529 g/mol. The van der Waals surface area contributed by atoms with Gasteiger partial charge in [-0.1, -0.05) is 29.8 Å². The summed E-state index contributed by atoms with van der Waals surface area (Å²) < 4.78 is 29.7. The van der Waals surface area contributed by atoms with Crippen LogP contribution in [0.25, 0.3) is 21.3 Å². The van der Waals surface area contributed by atoms with Crippen molar-refractivity contribution in [1.29, 1.82) is 0 Å². The number of rotatable bonds is 8. The molecule has 3 aromatic heterocycles. The highest BCUT2D eigenvalue weighted by atomic mass is 35.5. The minimum atomic E-state index is -3.55. The summed E-state index contributed by atoms with van der Waals surface area (Å²) in [6.45, 7) is 1.75. The molecule has 0 amide bonds. The predicted octanol–water partition coefficient (Wildman–Crippen LogP) is 4.69. The highest BCUT2D eigenvalue weighted by molar-refractivity contribution is 7.90. The number of fused-ring (bicyclic) bond motifs is 1. The van der Waals surface area contributed by atoms with E-state index in [1.807, 2.05) is 36.4 Å². The first-order valence-electron chi connectivity index (χ1n) is 11.3. The Balaban J connectivity index is 1.62. The third kappa shape index (κ3) is 5.19. The van der Waals surface area contributed by atoms with Gasteiger partial charge in [0.15, 0.2) is 0 Å². The lowest BCUT2D eigenvalue weighted by atomic mass is 10.0. The lowest BCUT2D eigenvalue weighted by molar-refractivity contribution is 0.195. The average Bonchev–Trinajstić information content (AvgIpc) is 3.59. The SMILES string of the molecule is CC(O)Cc1ccnc(-c2cccc3cc(C(NS(=O)(=O)C4CC4)c4nc(N)ccc4Cl)sc23)c1. The molecule has 1 aliphatic rings. The van der Waals surface area contributed by atoms with E-state index in [0.29, 0.717) is 30.0 Å². The van der Waals surface area contributed by atoms with Crippen molar-refractivity contribution in [3.63, 3.8) is 0 Å². The van der Waals surface area contributed by atoms with Crippen molar-refractivity contribution in [3.8, 4) is 11.3 Å². The molecule has 4 N–H and O–H groups in total. The van der Waals surface area contributed by atoms with Crippen LogP contribution in [-0.2, 0) is 16.4 Å². The largest absolute Gasteiger partial charge is 0.393 e. The number of nitrogens with two attached hydrogens (primary N) is 1. The number of sulfonamides is 1. The molecule has 2 unspecified atom stereocenters. The summed E-state index contributed by atoms with van der Waals surface area (Å²) >= 11 is 7.94. The Labute approximate surface area is 213 Å². The highest BCUT2D eigenvalue weighted by Crippen LogP contribution is 2.40. The van der Waals surface area contributed by atoms with Gasteiger partial charge < -0.3 is 10.8 Å². The second-order valence-electron chi connectivity index (χ2n) is 8.87. The maximum Gasteiger partial charge on any atom is 0.215 e. The van der Waals surface area contributed by atoms with Crippen LogP contribution in [0.2, 0.25) is 5.02 Å². The molecule has 1 fully saturated rings. The molecule has 0 radical (unpaired) electrons. The van der Waals surface area contributed by atoms with Crippen LogP contribution in [0.15, 0.2) is 54.7 Å². The molecule has 1 aliphatic carbocycles. The summed E-state index contributed by atoms with van der Waals surface area (Å²) in [6.07, 6.45) is 3.11. The number of anilines is 1. The van der Waals surface area contributed by atoms with Gasteiger partial charge in [0.2, 0.25) is 10.0 Å². The van der Waals surface area contributed by atoms with Crippen LogP contribution in [0.4, 0.5) is 5.82 Å². The van der Waals surface area contributed by atoms with Crippen LogP contribution < -0.4 is 10.5 Å². The zero-order chi connectivity index (χ0) is 24.7. The molecule has 0 aliphatic heterocycles. The number of pyridine rings is 2. The van der Waals surface area contributed by atoms with Crippen LogP contribution in [0.5, 0.6) is 0 Å². The number of aliphatic hydroxyl groups is 1. The summed E-state index contributed by atoms with van der Waals surface area (Å²) in [4.78, 5) is 9.71. The Morgan fingerprint density at radius 1 is 1.23 bits per heavy atom. The zero-order valence-electron chi connectivity index (χ0n) is 19.0. The zero-order valence-corrected chi connectivity index (χ0v) is 21.4. The molecule has 1 saturated carbocycles. The molecule has 0 spiro atoms. The molecule has 182 valence electrons. The second kappa shape index (κ2) is 9.48. The number of benzene rings is 1. The van der Waals surface area contributed by atoms with Crippen molar-refractivity contribution in [2.75, 3.05) is 5.73 Å². The number of aromatic nitrogens is 2. The topological polar surface area (TPSA) is 118 Å². The molecule has 1 aromatic carbocycles. The number of halogens is 1. The Hall–Kier alpha value is -2.56. The standard InChI is InChI=1S/C25H25ClN4O3S2/c1-14(31)11-15-9-10-28-20(12-15)18-4-2-3-16-13-21(34-25(16)18)24(30-35(32,33)17-5-6-17)23-19(26)7-8-22(27)29-23/h2-4,7-10,12-14,17,24,30-31H,5-6,11H2,1H3,(H2,27,29). The molecule has 4 aromatic rings. The maximum atomic E-state index is 12.9.